The number of hydrogen-bond donors (Lipinski definition) is 1. The molecule has 0 radical (unpaired) electrons. The van der Waals surface area contributed by atoms with E-state index in [1.54, 1.807) is 0 Å². The van der Waals surface area contributed by atoms with Gasteiger partial charge in [-0.1, -0.05) is 33.6 Å². The second-order valence-corrected chi connectivity index (χ2v) is 5.57. The Bertz CT molecular complexity index is 193. The van der Waals surface area contributed by atoms with Crippen LogP contribution in [-0.2, 0) is 0 Å². The summed E-state index contributed by atoms with van der Waals surface area (Å²) in [6, 6.07) is 1.43. The van der Waals surface area contributed by atoms with Gasteiger partial charge in [-0.15, -0.1) is 0 Å². The van der Waals surface area contributed by atoms with Crippen molar-refractivity contribution in [2.24, 2.45) is 5.92 Å². The molecule has 3 atom stereocenters. The van der Waals surface area contributed by atoms with Crippen molar-refractivity contribution >= 4 is 0 Å². The molecule has 0 aliphatic carbocycles. The van der Waals surface area contributed by atoms with E-state index in [0.717, 1.165) is 12.0 Å². The quantitative estimate of drug-likeness (QED) is 0.735. The molecular formula is C15H32N2. The average molecular weight is 240 g/mol. The summed E-state index contributed by atoms with van der Waals surface area (Å²) in [5.74, 6) is 0.942. The summed E-state index contributed by atoms with van der Waals surface area (Å²) in [7, 11) is 2.13. The highest BCUT2D eigenvalue weighted by molar-refractivity contribution is 4.86. The largest absolute Gasteiger partial charge is 0.315 e. The molecule has 1 N–H and O–H groups in total. The molecule has 1 saturated heterocycles. The number of likely N-dealkylation sites (N-methyl/N-ethyl adjacent to an activating group) is 1. The van der Waals surface area contributed by atoms with E-state index in [4.69, 9.17) is 0 Å². The van der Waals surface area contributed by atoms with E-state index in [1.807, 2.05) is 0 Å². The van der Waals surface area contributed by atoms with Crippen LogP contribution in [0.1, 0.15) is 59.3 Å². The van der Waals surface area contributed by atoms with E-state index in [2.05, 4.69) is 38.0 Å². The Hall–Kier alpha value is -0.0800. The first-order chi connectivity index (χ1) is 8.26. The number of hydrogen-bond acceptors (Lipinski definition) is 2. The van der Waals surface area contributed by atoms with E-state index in [-0.39, 0.29) is 0 Å². The molecule has 0 aromatic heterocycles. The van der Waals surface area contributed by atoms with Gasteiger partial charge in [-0.05, 0) is 45.2 Å². The molecule has 0 saturated carbocycles. The standard InChI is InChI=1S/C15H32N2/c1-5-9-14(16-4)15(7-3)17-11-8-10-13(6-2)12-17/h13-16H,5-12H2,1-4H3. The Balaban J connectivity index is 2.58. The smallest absolute Gasteiger partial charge is 0.0246 e. The monoisotopic (exact) mass is 240 g/mol. The minimum Gasteiger partial charge on any atom is -0.315 e. The highest BCUT2D eigenvalue weighted by Gasteiger charge is 2.28. The van der Waals surface area contributed by atoms with Crippen molar-refractivity contribution < 1.29 is 0 Å². The van der Waals surface area contributed by atoms with E-state index < -0.39 is 0 Å². The van der Waals surface area contributed by atoms with Gasteiger partial charge in [-0.25, -0.2) is 0 Å². The average Bonchev–Trinajstić information content (AvgIpc) is 2.38. The van der Waals surface area contributed by atoms with Crippen molar-refractivity contribution in [2.45, 2.75) is 71.4 Å². The van der Waals surface area contributed by atoms with Crippen LogP contribution in [0.5, 0.6) is 0 Å². The third kappa shape index (κ3) is 4.26. The van der Waals surface area contributed by atoms with Crippen LogP contribution in [0, 0.1) is 5.92 Å². The highest BCUT2D eigenvalue weighted by atomic mass is 15.2. The molecule has 1 rings (SSSR count). The van der Waals surface area contributed by atoms with Gasteiger partial charge in [0.15, 0.2) is 0 Å². The van der Waals surface area contributed by atoms with E-state index in [0.29, 0.717) is 6.04 Å². The lowest BCUT2D eigenvalue weighted by Crippen LogP contribution is -2.52. The van der Waals surface area contributed by atoms with Crippen LogP contribution in [0.4, 0.5) is 0 Å². The lowest BCUT2D eigenvalue weighted by atomic mass is 9.91. The van der Waals surface area contributed by atoms with Gasteiger partial charge in [0.1, 0.15) is 0 Å². The molecule has 3 unspecified atom stereocenters. The van der Waals surface area contributed by atoms with Crippen LogP contribution in [0.15, 0.2) is 0 Å². The van der Waals surface area contributed by atoms with Crippen LogP contribution >= 0.6 is 0 Å². The van der Waals surface area contributed by atoms with E-state index >= 15 is 0 Å². The Kier molecular flexibility index (Phi) is 7.14. The fourth-order valence-corrected chi connectivity index (χ4v) is 3.37. The Labute approximate surface area is 108 Å². The SMILES string of the molecule is CCCC(NC)C(CC)N1CCCC(CC)C1. The number of nitrogens with one attached hydrogen (secondary N) is 1. The van der Waals surface area contributed by atoms with Gasteiger partial charge < -0.3 is 5.32 Å². The maximum absolute atomic E-state index is 3.54. The van der Waals surface area contributed by atoms with E-state index in [1.165, 1.54) is 51.6 Å². The van der Waals surface area contributed by atoms with Crippen LogP contribution in [0.25, 0.3) is 0 Å². The van der Waals surface area contributed by atoms with Gasteiger partial charge in [-0.2, -0.15) is 0 Å². The predicted molar refractivity (Wildman–Crippen MR) is 76.4 cm³/mol. The molecule has 0 spiro atoms. The first-order valence-corrected chi connectivity index (χ1v) is 7.68. The van der Waals surface area contributed by atoms with Crippen LogP contribution in [0.3, 0.4) is 0 Å². The van der Waals surface area contributed by atoms with Crippen molar-refractivity contribution in [1.82, 2.24) is 10.2 Å². The van der Waals surface area contributed by atoms with Gasteiger partial charge in [-0.3, -0.25) is 4.90 Å². The van der Waals surface area contributed by atoms with Crippen molar-refractivity contribution in [2.75, 3.05) is 20.1 Å². The molecule has 0 bridgehead atoms. The zero-order valence-corrected chi connectivity index (χ0v) is 12.3. The summed E-state index contributed by atoms with van der Waals surface area (Å²) in [5.41, 5.74) is 0. The zero-order valence-electron chi connectivity index (χ0n) is 12.3. The predicted octanol–water partition coefficient (Wildman–Crippen LogP) is 3.28. The minimum absolute atomic E-state index is 0.681. The third-order valence-corrected chi connectivity index (χ3v) is 4.45. The molecule has 0 aromatic rings. The molecule has 1 aliphatic heterocycles. The summed E-state index contributed by atoms with van der Waals surface area (Å²) in [6.07, 6.45) is 8.07. The van der Waals surface area contributed by atoms with Crippen molar-refractivity contribution in [3.8, 4) is 0 Å². The fourth-order valence-electron chi connectivity index (χ4n) is 3.37. The molecule has 17 heavy (non-hydrogen) atoms. The number of nitrogens with zero attached hydrogens (tertiary/aromatic N) is 1. The Morgan fingerprint density at radius 3 is 2.59 bits per heavy atom. The molecule has 1 fully saturated rings. The van der Waals surface area contributed by atoms with Crippen molar-refractivity contribution in [3.63, 3.8) is 0 Å². The van der Waals surface area contributed by atoms with Gasteiger partial charge in [0.25, 0.3) is 0 Å². The summed E-state index contributed by atoms with van der Waals surface area (Å²) in [4.78, 5) is 2.76. The van der Waals surface area contributed by atoms with Crippen LogP contribution < -0.4 is 5.32 Å². The van der Waals surface area contributed by atoms with Gasteiger partial charge in [0.2, 0.25) is 0 Å². The maximum Gasteiger partial charge on any atom is 0.0246 e. The molecule has 102 valence electrons. The third-order valence-electron chi connectivity index (χ3n) is 4.45. The number of likely N-dealkylation sites (tertiary alicyclic amines) is 1. The van der Waals surface area contributed by atoms with Gasteiger partial charge in [0, 0.05) is 18.6 Å². The maximum atomic E-state index is 3.54. The van der Waals surface area contributed by atoms with Crippen molar-refractivity contribution in [1.29, 1.82) is 0 Å². The first-order valence-electron chi connectivity index (χ1n) is 7.68. The normalized spacial score (nSPS) is 25.8. The molecule has 0 amide bonds. The Morgan fingerprint density at radius 2 is 2.06 bits per heavy atom. The second-order valence-electron chi connectivity index (χ2n) is 5.57. The summed E-state index contributed by atoms with van der Waals surface area (Å²) >= 11 is 0. The Morgan fingerprint density at radius 1 is 1.29 bits per heavy atom. The molecule has 2 nitrogen and oxygen atoms in total. The summed E-state index contributed by atoms with van der Waals surface area (Å²) < 4.78 is 0. The minimum atomic E-state index is 0.681. The lowest BCUT2D eigenvalue weighted by molar-refractivity contribution is 0.0927. The van der Waals surface area contributed by atoms with E-state index in [9.17, 15) is 0 Å². The van der Waals surface area contributed by atoms with Crippen molar-refractivity contribution in [3.05, 3.63) is 0 Å². The molecule has 0 aromatic carbocycles. The number of piperidine rings is 1. The molecule has 1 heterocycles. The molecule has 2 heteroatoms. The zero-order chi connectivity index (χ0) is 12.7. The summed E-state index contributed by atoms with van der Waals surface area (Å²) in [5, 5.41) is 3.54. The topological polar surface area (TPSA) is 15.3 Å². The van der Waals surface area contributed by atoms with Crippen LogP contribution in [0.2, 0.25) is 0 Å². The first kappa shape index (κ1) is 15.0. The van der Waals surface area contributed by atoms with Gasteiger partial charge >= 0.3 is 0 Å². The summed E-state index contributed by atoms with van der Waals surface area (Å²) in [6.45, 7) is 9.63. The number of rotatable bonds is 7. The molecular weight excluding hydrogens is 208 g/mol. The van der Waals surface area contributed by atoms with Crippen LogP contribution in [-0.4, -0.2) is 37.1 Å². The fraction of sp³-hybridized carbons (Fsp3) is 1.00. The highest BCUT2D eigenvalue weighted by Crippen LogP contribution is 2.24. The second kappa shape index (κ2) is 8.10. The lowest BCUT2D eigenvalue weighted by Gasteiger charge is -2.41. The molecule has 1 aliphatic rings. The van der Waals surface area contributed by atoms with Gasteiger partial charge in [0.05, 0.1) is 0 Å².